The average molecular weight is 400 g/mol. The van der Waals surface area contributed by atoms with Crippen LogP contribution in [0, 0.1) is 5.92 Å². The molecule has 7 nitrogen and oxygen atoms in total. The number of hydrogen-bond acceptors (Lipinski definition) is 5. The largest absolute Gasteiger partial charge is 0.484 e. The van der Waals surface area contributed by atoms with E-state index >= 15 is 0 Å². The van der Waals surface area contributed by atoms with Crippen molar-refractivity contribution in [1.82, 2.24) is 9.80 Å². The number of benzene rings is 1. The van der Waals surface area contributed by atoms with Gasteiger partial charge in [-0.05, 0) is 30.2 Å². The van der Waals surface area contributed by atoms with Crippen LogP contribution in [-0.2, 0) is 9.53 Å². The third-order valence-electron chi connectivity index (χ3n) is 4.63. The van der Waals surface area contributed by atoms with Crippen molar-refractivity contribution in [2.24, 2.45) is 5.92 Å². The number of furan rings is 1. The molecule has 1 saturated heterocycles. The molecule has 1 aliphatic rings. The SMILES string of the molecule is CC(C)CN(CC1CN(C(=O)c2ccco2)CCO1)C(=O)COc1ccccc1. The van der Waals surface area contributed by atoms with Crippen molar-refractivity contribution in [3.05, 3.63) is 54.5 Å². The Kier molecular flexibility index (Phi) is 7.30. The van der Waals surface area contributed by atoms with Gasteiger partial charge in [0.05, 0.1) is 19.0 Å². The highest BCUT2D eigenvalue weighted by Crippen LogP contribution is 2.14. The average Bonchev–Trinajstić information content (AvgIpc) is 3.26. The van der Waals surface area contributed by atoms with Gasteiger partial charge in [0.15, 0.2) is 12.4 Å². The van der Waals surface area contributed by atoms with Gasteiger partial charge >= 0.3 is 0 Å². The van der Waals surface area contributed by atoms with E-state index in [0.29, 0.717) is 50.2 Å². The molecule has 0 saturated carbocycles. The lowest BCUT2D eigenvalue weighted by Crippen LogP contribution is -2.51. The molecule has 0 N–H and O–H groups in total. The number of nitrogens with zero attached hydrogens (tertiary/aromatic N) is 2. The van der Waals surface area contributed by atoms with Crippen molar-refractivity contribution >= 4 is 11.8 Å². The van der Waals surface area contributed by atoms with E-state index < -0.39 is 0 Å². The molecule has 1 atom stereocenters. The molecule has 1 unspecified atom stereocenters. The minimum Gasteiger partial charge on any atom is -0.484 e. The Morgan fingerprint density at radius 2 is 2.00 bits per heavy atom. The summed E-state index contributed by atoms with van der Waals surface area (Å²) < 4.78 is 16.7. The molecule has 156 valence electrons. The number of ether oxygens (including phenoxy) is 2. The van der Waals surface area contributed by atoms with Crippen LogP contribution in [0.3, 0.4) is 0 Å². The van der Waals surface area contributed by atoms with E-state index in [1.54, 1.807) is 21.9 Å². The normalized spacial score (nSPS) is 16.7. The van der Waals surface area contributed by atoms with Crippen LogP contribution in [-0.4, -0.2) is 67.1 Å². The molecule has 0 bridgehead atoms. The van der Waals surface area contributed by atoms with E-state index in [2.05, 4.69) is 13.8 Å². The number of carbonyl (C=O) groups excluding carboxylic acids is 2. The Balaban J connectivity index is 1.58. The van der Waals surface area contributed by atoms with E-state index in [1.807, 2.05) is 30.3 Å². The number of rotatable bonds is 8. The monoisotopic (exact) mass is 400 g/mol. The minimum atomic E-state index is -0.248. The third-order valence-corrected chi connectivity index (χ3v) is 4.63. The van der Waals surface area contributed by atoms with Gasteiger partial charge in [-0.25, -0.2) is 0 Å². The molecule has 29 heavy (non-hydrogen) atoms. The molecule has 1 aromatic heterocycles. The number of para-hydroxylation sites is 1. The summed E-state index contributed by atoms with van der Waals surface area (Å²) in [5.41, 5.74) is 0. The maximum atomic E-state index is 12.8. The lowest BCUT2D eigenvalue weighted by Gasteiger charge is -2.36. The first-order valence-electron chi connectivity index (χ1n) is 9.93. The smallest absolute Gasteiger partial charge is 0.289 e. The Hall–Kier alpha value is -2.80. The molecular formula is C22H28N2O5. The van der Waals surface area contributed by atoms with Crippen LogP contribution in [0.2, 0.25) is 0 Å². The van der Waals surface area contributed by atoms with Crippen molar-refractivity contribution in [3.63, 3.8) is 0 Å². The van der Waals surface area contributed by atoms with Crippen LogP contribution >= 0.6 is 0 Å². The van der Waals surface area contributed by atoms with Gasteiger partial charge in [-0.2, -0.15) is 0 Å². The summed E-state index contributed by atoms with van der Waals surface area (Å²) in [6.07, 6.45) is 1.24. The van der Waals surface area contributed by atoms with Crippen molar-refractivity contribution in [2.75, 3.05) is 39.4 Å². The van der Waals surface area contributed by atoms with Crippen molar-refractivity contribution in [1.29, 1.82) is 0 Å². The summed E-state index contributed by atoms with van der Waals surface area (Å²) in [5.74, 6) is 1.03. The molecule has 2 heterocycles. The summed E-state index contributed by atoms with van der Waals surface area (Å²) in [6.45, 7) is 6.46. The zero-order chi connectivity index (χ0) is 20.6. The van der Waals surface area contributed by atoms with Crippen LogP contribution in [0.1, 0.15) is 24.4 Å². The molecule has 0 spiro atoms. The fraction of sp³-hybridized carbons (Fsp3) is 0.455. The number of hydrogen-bond donors (Lipinski definition) is 0. The molecule has 3 rings (SSSR count). The van der Waals surface area contributed by atoms with E-state index in [-0.39, 0.29) is 24.5 Å². The maximum absolute atomic E-state index is 12.8. The fourth-order valence-electron chi connectivity index (χ4n) is 3.29. The van der Waals surface area contributed by atoms with E-state index in [1.165, 1.54) is 6.26 Å². The van der Waals surface area contributed by atoms with Gasteiger partial charge in [-0.3, -0.25) is 9.59 Å². The summed E-state index contributed by atoms with van der Waals surface area (Å²) in [6, 6.07) is 12.6. The highest BCUT2D eigenvalue weighted by atomic mass is 16.5. The van der Waals surface area contributed by atoms with E-state index in [4.69, 9.17) is 13.9 Å². The zero-order valence-corrected chi connectivity index (χ0v) is 17.0. The van der Waals surface area contributed by atoms with Crippen LogP contribution in [0.4, 0.5) is 0 Å². The first-order valence-corrected chi connectivity index (χ1v) is 9.93. The van der Waals surface area contributed by atoms with E-state index in [9.17, 15) is 9.59 Å². The van der Waals surface area contributed by atoms with Gasteiger partial charge in [0.2, 0.25) is 0 Å². The zero-order valence-electron chi connectivity index (χ0n) is 17.0. The van der Waals surface area contributed by atoms with Crippen LogP contribution in [0.25, 0.3) is 0 Å². The highest BCUT2D eigenvalue weighted by molar-refractivity contribution is 5.91. The molecule has 0 aliphatic carbocycles. The Morgan fingerprint density at radius 3 is 2.69 bits per heavy atom. The number of morpholine rings is 1. The first kappa shape index (κ1) is 20.9. The quantitative estimate of drug-likeness (QED) is 0.681. The molecule has 7 heteroatoms. The lowest BCUT2D eigenvalue weighted by molar-refractivity contribution is -0.137. The predicted molar refractivity (Wildman–Crippen MR) is 108 cm³/mol. The van der Waals surface area contributed by atoms with Gasteiger partial charge in [-0.1, -0.05) is 32.0 Å². The van der Waals surface area contributed by atoms with Gasteiger partial charge < -0.3 is 23.7 Å². The number of carbonyl (C=O) groups is 2. The van der Waals surface area contributed by atoms with Crippen molar-refractivity contribution in [2.45, 2.75) is 20.0 Å². The Bertz CT molecular complexity index is 776. The Labute approximate surface area is 171 Å². The summed E-state index contributed by atoms with van der Waals surface area (Å²) in [5, 5.41) is 0. The molecule has 1 fully saturated rings. The molecular weight excluding hydrogens is 372 g/mol. The molecule has 2 aromatic rings. The summed E-state index contributed by atoms with van der Waals surface area (Å²) in [4.78, 5) is 28.8. The van der Waals surface area contributed by atoms with Gasteiger partial charge in [0.25, 0.3) is 11.8 Å². The second-order valence-electron chi connectivity index (χ2n) is 7.52. The second-order valence-corrected chi connectivity index (χ2v) is 7.52. The van der Waals surface area contributed by atoms with Crippen molar-refractivity contribution in [3.8, 4) is 5.75 Å². The minimum absolute atomic E-state index is 0.0293. The van der Waals surface area contributed by atoms with Gasteiger partial charge in [-0.15, -0.1) is 0 Å². The van der Waals surface area contributed by atoms with Crippen LogP contribution in [0.5, 0.6) is 5.75 Å². The van der Waals surface area contributed by atoms with Crippen LogP contribution < -0.4 is 4.74 Å². The maximum Gasteiger partial charge on any atom is 0.289 e. The standard InChI is InChI=1S/C22H28N2O5/c1-17(2)13-24(21(25)16-29-18-7-4-3-5-8-18)15-19-14-23(10-12-27-19)22(26)20-9-6-11-28-20/h3-9,11,17,19H,10,12-16H2,1-2H3. The first-order chi connectivity index (χ1) is 14.0. The molecule has 0 radical (unpaired) electrons. The molecule has 2 amide bonds. The number of amides is 2. The van der Waals surface area contributed by atoms with Crippen molar-refractivity contribution < 1.29 is 23.5 Å². The Morgan fingerprint density at radius 1 is 1.21 bits per heavy atom. The predicted octanol–water partition coefficient (Wildman–Crippen LogP) is 2.68. The molecule has 1 aromatic carbocycles. The topological polar surface area (TPSA) is 72.2 Å². The second kappa shape index (κ2) is 10.1. The fourth-order valence-corrected chi connectivity index (χ4v) is 3.29. The van der Waals surface area contributed by atoms with Crippen LogP contribution in [0.15, 0.2) is 53.1 Å². The highest BCUT2D eigenvalue weighted by Gasteiger charge is 2.29. The van der Waals surface area contributed by atoms with E-state index in [0.717, 1.165) is 0 Å². The van der Waals surface area contributed by atoms with Gasteiger partial charge in [0.1, 0.15) is 5.75 Å². The lowest BCUT2D eigenvalue weighted by atomic mass is 10.1. The van der Waals surface area contributed by atoms with Gasteiger partial charge in [0, 0.05) is 26.2 Å². The summed E-state index contributed by atoms with van der Waals surface area (Å²) >= 11 is 0. The summed E-state index contributed by atoms with van der Waals surface area (Å²) in [7, 11) is 0. The third kappa shape index (κ3) is 6.09. The molecule has 1 aliphatic heterocycles.